The Kier molecular flexibility index (Phi) is 11.9. The summed E-state index contributed by atoms with van der Waals surface area (Å²) in [6, 6.07) is 25.9. The minimum Gasteiger partial charge on any atom is -0.491 e. The number of hydrogen-bond donors (Lipinski definition) is 2. The van der Waals surface area contributed by atoms with Crippen molar-refractivity contribution >= 4 is 67.6 Å². The molecule has 15 nitrogen and oxygen atoms in total. The number of H-pyrrole nitrogens is 2. The second kappa shape index (κ2) is 18.6. The molecule has 3 aliphatic rings. The van der Waals surface area contributed by atoms with Crippen LogP contribution in [0.4, 0.5) is 11.6 Å². The molecule has 11 rings (SSSR count). The molecule has 340 valence electrons. The average molecular weight is 906 g/mol. The quantitative estimate of drug-likeness (QED) is 0.0885. The van der Waals surface area contributed by atoms with E-state index in [1.54, 1.807) is 19.0 Å². The second-order valence-corrected chi connectivity index (χ2v) is 18.4. The van der Waals surface area contributed by atoms with Crippen molar-refractivity contribution in [2.45, 2.75) is 89.2 Å². The number of imidazole rings is 2. The standard InChI is InChI=1S/C50H55N11O4S/c1-31(2)65-37-18-15-32-9-6-14-42(40(32)23-37)62-25-35-11-8-22-60(35)50-45-48(54-30-56-50)58-46(57-45)41-19-17-36(27-64-66-3)61(41)24-33-16-20-43(39-13-5-4-12-38(33)39)63-26-34-10-7-21-59(34)49-44-47(52-28-51-44)53-29-55-49/h4-6,9,12-16,18,20,23,28-31,34-36,41H,7-8,10-11,17,19,21-22,24-27H2,1-3H3,(H,51,52,53,55)(H,54,56,57,58)/t34-,35-,36-,41?/m1/s1. The van der Waals surface area contributed by atoms with Crippen LogP contribution in [0, 0.1) is 0 Å². The largest absolute Gasteiger partial charge is 0.491 e. The SMILES string of the molecule is CSOC[C@H]1CCC(c2nc3ncnc(N4CCC[C@@H]4COc4cccc5ccc(OC(C)C)cc45)c3[nH]2)N1Cc1ccc(OC[C@H]2CCCN2c2ncnc3nc[nH]c23)c2ccccc12. The van der Waals surface area contributed by atoms with Gasteiger partial charge in [-0.05, 0) is 105 Å². The van der Waals surface area contributed by atoms with Gasteiger partial charge in [0.05, 0.1) is 37.2 Å². The van der Waals surface area contributed by atoms with E-state index in [0.29, 0.717) is 31.1 Å². The zero-order chi connectivity index (χ0) is 44.6. The Balaban J connectivity index is 0.831. The third-order valence-electron chi connectivity index (χ3n) is 13.5. The smallest absolute Gasteiger partial charge is 0.183 e. The molecule has 0 spiro atoms. The van der Waals surface area contributed by atoms with Gasteiger partial charge in [-0.1, -0.05) is 48.5 Å². The van der Waals surface area contributed by atoms with Gasteiger partial charge < -0.3 is 38.2 Å². The van der Waals surface area contributed by atoms with E-state index in [1.807, 2.05) is 32.2 Å². The number of aromatic amines is 2. The van der Waals surface area contributed by atoms with Crippen LogP contribution in [0.15, 0.2) is 91.8 Å². The van der Waals surface area contributed by atoms with Gasteiger partial charge in [-0.25, -0.2) is 29.9 Å². The molecule has 3 aliphatic heterocycles. The van der Waals surface area contributed by atoms with Crippen LogP contribution < -0.4 is 24.0 Å². The predicted molar refractivity (Wildman–Crippen MR) is 260 cm³/mol. The third-order valence-corrected chi connectivity index (χ3v) is 13.9. The predicted octanol–water partition coefficient (Wildman–Crippen LogP) is 9.21. The second-order valence-electron chi connectivity index (χ2n) is 17.9. The van der Waals surface area contributed by atoms with Gasteiger partial charge in [-0.15, -0.1) is 0 Å². The molecular formula is C50H55N11O4S. The maximum absolute atomic E-state index is 6.71. The number of anilines is 2. The zero-order valence-electron chi connectivity index (χ0n) is 37.6. The number of rotatable bonds is 16. The van der Waals surface area contributed by atoms with E-state index in [2.05, 4.69) is 100 Å². The van der Waals surface area contributed by atoms with Crippen molar-refractivity contribution in [1.82, 2.24) is 44.8 Å². The van der Waals surface area contributed by atoms with Crippen LogP contribution in [0.2, 0.25) is 0 Å². The summed E-state index contributed by atoms with van der Waals surface area (Å²) in [6.07, 6.45) is 13.1. The molecule has 0 amide bonds. The lowest BCUT2D eigenvalue weighted by molar-refractivity contribution is 0.139. The average Bonchev–Trinajstić information content (AvgIpc) is 4.20. The summed E-state index contributed by atoms with van der Waals surface area (Å²) >= 11 is 1.42. The molecule has 66 heavy (non-hydrogen) atoms. The number of likely N-dealkylation sites (tertiary alicyclic amines) is 1. The maximum atomic E-state index is 6.71. The van der Waals surface area contributed by atoms with Gasteiger partial charge in [0.2, 0.25) is 0 Å². The highest BCUT2D eigenvalue weighted by molar-refractivity contribution is 7.93. The Morgan fingerprint density at radius 3 is 2.21 bits per heavy atom. The third kappa shape index (κ3) is 8.30. The van der Waals surface area contributed by atoms with Gasteiger partial charge >= 0.3 is 0 Å². The molecule has 7 heterocycles. The van der Waals surface area contributed by atoms with Gasteiger partial charge in [0.1, 0.15) is 60.0 Å². The minimum absolute atomic E-state index is 0.0299. The number of ether oxygens (including phenoxy) is 3. The summed E-state index contributed by atoms with van der Waals surface area (Å²) in [5, 5.41) is 4.45. The minimum atomic E-state index is 0.0299. The van der Waals surface area contributed by atoms with E-state index in [0.717, 1.165) is 120 Å². The van der Waals surface area contributed by atoms with E-state index in [9.17, 15) is 0 Å². The lowest BCUT2D eigenvalue weighted by atomic mass is 10.0. The van der Waals surface area contributed by atoms with Crippen molar-refractivity contribution in [3.63, 3.8) is 0 Å². The molecule has 0 aliphatic carbocycles. The van der Waals surface area contributed by atoms with Crippen LogP contribution >= 0.6 is 12.0 Å². The monoisotopic (exact) mass is 905 g/mol. The Bertz CT molecular complexity index is 2980. The summed E-state index contributed by atoms with van der Waals surface area (Å²) in [4.78, 5) is 42.4. The van der Waals surface area contributed by atoms with Crippen molar-refractivity contribution < 1.29 is 18.4 Å². The molecule has 0 radical (unpaired) electrons. The van der Waals surface area contributed by atoms with Crippen LogP contribution in [0.3, 0.4) is 0 Å². The van der Waals surface area contributed by atoms with Crippen LogP contribution in [-0.4, -0.2) is 108 Å². The fraction of sp³-hybridized carbons (Fsp3) is 0.400. The number of nitrogens with one attached hydrogen (secondary N) is 2. The van der Waals surface area contributed by atoms with Gasteiger partial charge in [0, 0.05) is 42.7 Å². The lowest BCUT2D eigenvalue weighted by Crippen LogP contribution is -2.35. The Hall–Kier alpha value is -6.23. The van der Waals surface area contributed by atoms with E-state index < -0.39 is 0 Å². The molecule has 3 saturated heterocycles. The molecule has 4 aromatic heterocycles. The van der Waals surface area contributed by atoms with Gasteiger partial charge in [-0.2, -0.15) is 0 Å². The normalized spacial score (nSPS) is 20.2. The first kappa shape index (κ1) is 42.4. The molecule has 4 atom stereocenters. The highest BCUT2D eigenvalue weighted by Crippen LogP contribution is 2.41. The van der Waals surface area contributed by atoms with Gasteiger partial charge in [0.15, 0.2) is 22.9 Å². The first-order valence-electron chi connectivity index (χ1n) is 23.2. The highest BCUT2D eigenvalue weighted by Gasteiger charge is 2.38. The molecule has 0 bridgehead atoms. The first-order valence-corrected chi connectivity index (χ1v) is 24.4. The van der Waals surface area contributed by atoms with Gasteiger partial charge in [0.25, 0.3) is 0 Å². The van der Waals surface area contributed by atoms with E-state index >= 15 is 0 Å². The number of fused-ring (bicyclic) bond motifs is 4. The van der Waals surface area contributed by atoms with Crippen molar-refractivity contribution in [3.05, 3.63) is 103 Å². The van der Waals surface area contributed by atoms with Crippen LogP contribution in [0.1, 0.15) is 69.8 Å². The van der Waals surface area contributed by atoms with Crippen molar-refractivity contribution in [2.75, 3.05) is 49.0 Å². The lowest BCUT2D eigenvalue weighted by Gasteiger charge is -2.30. The van der Waals surface area contributed by atoms with Crippen molar-refractivity contribution in [3.8, 4) is 17.2 Å². The fourth-order valence-electron chi connectivity index (χ4n) is 10.4. The molecular weight excluding hydrogens is 851 g/mol. The van der Waals surface area contributed by atoms with Gasteiger partial charge in [-0.3, -0.25) is 4.90 Å². The topological polar surface area (TPSA) is 156 Å². The molecule has 0 saturated carbocycles. The number of hydrogen-bond acceptors (Lipinski definition) is 14. The van der Waals surface area contributed by atoms with Crippen molar-refractivity contribution in [2.24, 2.45) is 0 Å². The van der Waals surface area contributed by atoms with E-state index in [-0.39, 0.29) is 30.3 Å². The summed E-state index contributed by atoms with van der Waals surface area (Å²) in [5.74, 6) is 5.24. The maximum Gasteiger partial charge on any atom is 0.183 e. The Morgan fingerprint density at radius 1 is 0.697 bits per heavy atom. The summed E-state index contributed by atoms with van der Waals surface area (Å²) in [7, 11) is 0. The van der Waals surface area contributed by atoms with E-state index in [4.69, 9.17) is 33.3 Å². The highest BCUT2D eigenvalue weighted by atomic mass is 32.2. The Morgan fingerprint density at radius 2 is 1.44 bits per heavy atom. The molecule has 16 heteroatoms. The summed E-state index contributed by atoms with van der Waals surface area (Å²) < 4.78 is 25.4. The van der Waals surface area contributed by atoms with Crippen LogP contribution in [0.25, 0.3) is 43.9 Å². The summed E-state index contributed by atoms with van der Waals surface area (Å²) in [5.41, 5.74) is 4.32. The molecule has 4 aromatic carbocycles. The molecule has 3 fully saturated rings. The summed E-state index contributed by atoms with van der Waals surface area (Å²) in [6.45, 7) is 8.29. The Labute approximate surface area is 387 Å². The molecule has 1 unspecified atom stereocenters. The van der Waals surface area contributed by atoms with Crippen molar-refractivity contribution in [1.29, 1.82) is 0 Å². The van der Waals surface area contributed by atoms with E-state index in [1.165, 1.54) is 23.0 Å². The number of aromatic nitrogens is 8. The fourth-order valence-corrected chi connectivity index (χ4v) is 10.7. The molecule has 2 N–H and O–H groups in total. The first-order chi connectivity index (χ1) is 32.5. The number of nitrogens with zero attached hydrogens (tertiary/aromatic N) is 9. The molecule has 8 aromatic rings. The van der Waals surface area contributed by atoms with Crippen LogP contribution in [-0.2, 0) is 10.7 Å². The zero-order valence-corrected chi connectivity index (χ0v) is 38.4. The van der Waals surface area contributed by atoms with Crippen LogP contribution in [0.5, 0.6) is 17.2 Å². The number of benzene rings is 4.